The van der Waals surface area contributed by atoms with Crippen molar-refractivity contribution in [3.8, 4) is 0 Å². The molecule has 134 valence electrons. The number of carbonyl (C=O) groups is 2. The van der Waals surface area contributed by atoms with Crippen LogP contribution in [0.25, 0.3) is 0 Å². The van der Waals surface area contributed by atoms with Gasteiger partial charge in [-0.1, -0.05) is 31.6 Å². The van der Waals surface area contributed by atoms with Crippen molar-refractivity contribution in [3.05, 3.63) is 23.8 Å². The Kier molecular flexibility index (Phi) is 3.18. The van der Waals surface area contributed by atoms with Crippen LogP contribution >= 0.6 is 0 Å². The Hall–Kier alpha value is -1.18. The van der Waals surface area contributed by atoms with Crippen LogP contribution in [0.3, 0.4) is 0 Å². The average Bonchev–Trinajstić information content (AvgIpc) is 3.05. The highest BCUT2D eigenvalue weighted by Crippen LogP contribution is 2.78. The summed E-state index contributed by atoms with van der Waals surface area (Å²) in [6, 6.07) is 0. The Bertz CT molecular complexity index is 716. The van der Waals surface area contributed by atoms with Gasteiger partial charge in [-0.05, 0) is 79.6 Å². The fraction of sp³-hybridized carbons (Fsp3) is 0.739. The van der Waals surface area contributed by atoms with Gasteiger partial charge in [0.15, 0.2) is 5.78 Å². The van der Waals surface area contributed by atoms with Crippen LogP contribution in [-0.4, -0.2) is 11.6 Å². The van der Waals surface area contributed by atoms with Crippen molar-refractivity contribution in [1.82, 2.24) is 0 Å². The van der Waals surface area contributed by atoms with Crippen LogP contribution in [0.1, 0.15) is 71.6 Å². The van der Waals surface area contributed by atoms with Gasteiger partial charge in [-0.3, -0.25) is 9.59 Å². The molecule has 6 atom stereocenters. The average molecular weight is 338 g/mol. The van der Waals surface area contributed by atoms with E-state index in [2.05, 4.69) is 19.1 Å². The van der Waals surface area contributed by atoms with Crippen LogP contribution in [0.15, 0.2) is 23.8 Å². The van der Waals surface area contributed by atoms with Gasteiger partial charge >= 0.3 is 0 Å². The van der Waals surface area contributed by atoms with Crippen molar-refractivity contribution in [3.63, 3.8) is 0 Å². The molecule has 0 spiro atoms. The largest absolute Gasteiger partial charge is 0.299 e. The molecule has 5 aliphatic rings. The van der Waals surface area contributed by atoms with Gasteiger partial charge in [-0.15, -0.1) is 0 Å². The molecule has 5 aliphatic carbocycles. The standard InChI is InChI=1S/C23H30O2/c1-3-20(25)23-12-10-22(11-13-23)19-7-4-15-14-16(24)5-6-17(15)18(19)8-9-21(22,23)2/h10,12,14,17-19H,3-9,11,13H2,1-2H3/t17-,18+,19+,21-,22?,23-/m0/s1. The molecule has 3 fully saturated rings. The fourth-order valence-corrected chi connectivity index (χ4v) is 8.16. The predicted molar refractivity (Wildman–Crippen MR) is 97.9 cm³/mol. The minimum atomic E-state index is -0.175. The summed E-state index contributed by atoms with van der Waals surface area (Å²) in [6.45, 7) is 4.48. The van der Waals surface area contributed by atoms with Crippen molar-refractivity contribution in [1.29, 1.82) is 0 Å². The van der Waals surface area contributed by atoms with Crippen LogP contribution in [0.4, 0.5) is 0 Å². The molecule has 0 aromatic heterocycles. The molecule has 1 unspecified atom stereocenters. The summed E-state index contributed by atoms with van der Waals surface area (Å²) in [6.07, 6.45) is 16.4. The zero-order valence-corrected chi connectivity index (χ0v) is 15.6. The highest BCUT2D eigenvalue weighted by Gasteiger charge is 2.73. The lowest BCUT2D eigenvalue weighted by Crippen LogP contribution is -2.54. The third kappa shape index (κ3) is 1.68. The maximum absolute atomic E-state index is 13.0. The van der Waals surface area contributed by atoms with Gasteiger partial charge in [0.25, 0.3) is 0 Å². The van der Waals surface area contributed by atoms with Crippen molar-refractivity contribution < 1.29 is 9.59 Å². The van der Waals surface area contributed by atoms with Crippen LogP contribution in [0.5, 0.6) is 0 Å². The zero-order chi connectivity index (χ0) is 17.4. The van der Waals surface area contributed by atoms with E-state index in [1.165, 1.54) is 31.3 Å². The number of rotatable bonds is 2. The Balaban J connectivity index is 1.55. The Morgan fingerprint density at radius 1 is 1.12 bits per heavy atom. The lowest BCUT2D eigenvalue weighted by molar-refractivity contribution is -0.138. The highest BCUT2D eigenvalue weighted by molar-refractivity contribution is 5.91. The summed E-state index contributed by atoms with van der Waals surface area (Å²) < 4.78 is 0. The van der Waals surface area contributed by atoms with Gasteiger partial charge in [0.05, 0.1) is 5.41 Å². The molecule has 0 amide bonds. The molecule has 0 heterocycles. The molecular weight excluding hydrogens is 308 g/mol. The zero-order valence-electron chi connectivity index (χ0n) is 15.6. The molecule has 2 nitrogen and oxygen atoms in total. The van der Waals surface area contributed by atoms with Gasteiger partial charge in [0.2, 0.25) is 0 Å². The van der Waals surface area contributed by atoms with E-state index >= 15 is 0 Å². The topological polar surface area (TPSA) is 34.1 Å². The van der Waals surface area contributed by atoms with Crippen LogP contribution < -0.4 is 0 Å². The molecule has 2 bridgehead atoms. The van der Waals surface area contributed by atoms with E-state index in [4.69, 9.17) is 0 Å². The van der Waals surface area contributed by atoms with E-state index in [1.807, 2.05) is 13.0 Å². The smallest absolute Gasteiger partial charge is 0.155 e. The second-order valence-electron chi connectivity index (χ2n) is 9.63. The van der Waals surface area contributed by atoms with E-state index in [1.54, 1.807) is 0 Å². The number of Topliss-reactive ketones (excluding diaryl/α,β-unsaturated/α-hetero) is 1. The summed E-state index contributed by atoms with van der Waals surface area (Å²) >= 11 is 0. The molecule has 0 saturated heterocycles. The minimum Gasteiger partial charge on any atom is -0.299 e. The van der Waals surface area contributed by atoms with Crippen molar-refractivity contribution >= 4 is 11.6 Å². The van der Waals surface area contributed by atoms with Crippen molar-refractivity contribution in [2.24, 2.45) is 34.0 Å². The summed E-state index contributed by atoms with van der Waals surface area (Å²) in [5, 5.41) is 0. The minimum absolute atomic E-state index is 0.139. The van der Waals surface area contributed by atoms with Crippen LogP contribution in [0.2, 0.25) is 0 Å². The van der Waals surface area contributed by atoms with E-state index < -0.39 is 0 Å². The molecule has 0 N–H and O–H groups in total. The van der Waals surface area contributed by atoms with Gasteiger partial charge in [-0.25, -0.2) is 0 Å². The monoisotopic (exact) mass is 338 g/mol. The summed E-state index contributed by atoms with van der Waals surface area (Å²) in [5.41, 5.74) is 1.66. The number of hydrogen-bond donors (Lipinski definition) is 0. The number of fused-ring (bicyclic) bond motifs is 3. The summed E-state index contributed by atoms with van der Waals surface area (Å²) in [5.74, 6) is 2.91. The summed E-state index contributed by atoms with van der Waals surface area (Å²) in [4.78, 5) is 24.8. The first-order chi connectivity index (χ1) is 12.0. The lowest BCUT2D eigenvalue weighted by atomic mass is 9.44. The lowest BCUT2D eigenvalue weighted by Gasteiger charge is -2.59. The van der Waals surface area contributed by atoms with Crippen LogP contribution in [0, 0.1) is 34.0 Å². The number of allylic oxidation sites excluding steroid dienone is 3. The Labute approximate surface area is 151 Å². The third-order valence-electron chi connectivity index (χ3n) is 9.37. The van der Waals surface area contributed by atoms with E-state index in [0.717, 1.165) is 31.6 Å². The highest BCUT2D eigenvalue weighted by atomic mass is 16.1. The Morgan fingerprint density at radius 2 is 1.96 bits per heavy atom. The second-order valence-corrected chi connectivity index (χ2v) is 9.63. The molecular formula is C23H30O2. The normalized spacial score (nSPS) is 50.1. The molecule has 0 aromatic rings. The molecule has 0 radical (unpaired) electrons. The van der Waals surface area contributed by atoms with Gasteiger partial charge in [0.1, 0.15) is 5.78 Å². The fourth-order valence-electron chi connectivity index (χ4n) is 8.16. The number of ketones is 2. The first kappa shape index (κ1) is 16.0. The van der Waals surface area contributed by atoms with E-state index in [9.17, 15) is 9.59 Å². The van der Waals surface area contributed by atoms with Gasteiger partial charge < -0.3 is 0 Å². The maximum atomic E-state index is 13.0. The van der Waals surface area contributed by atoms with Gasteiger partial charge in [-0.2, -0.15) is 0 Å². The number of carbonyl (C=O) groups excluding carboxylic acids is 2. The third-order valence-corrected chi connectivity index (χ3v) is 9.37. The number of hydrogen-bond acceptors (Lipinski definition) is 2. The maximum Gasteiger partial charge on any atom is 0.155 e. The predicted octanol–water partition coefficient (Wildman–Crippen LogP) is 5.03. The van der Waals surface area contributed by atoms with Crippen LogP contribution in [-0.2, 0) is 9.59 Å². The first-order valence-corrected chi connectivity index (χ1v) is 10.4. The SMILES string of the molecule is CCC(=O)[C@]12C=CC3(CC1)[C@@H]1CCC4=CC(=O)CC[C@@H]4[C@H]1CC[C@@]32C. The molecule has 2 heteroatoms. The molecule has 0 aromatic carbocycles. The van der Waals surface area contributed by atoms with Crippen molar-refractivity contribution in [2.75, 3.05) is 0 Å². The van der Waals surface area contributed by atoms with Crippen molar-refractivity contribution in [2.45, 2.75) is 71.6 Å². The van der Waals surface area contributed by atoms with E-state index in [-0.39, 0.29) is 16.2 Å². The van der Waals surface area contributed by atoms with Gasteiger partial charge in [0, 0.05) is 12.8 Å². The quantitative estimate of drug-likeness (QED) is 0.662. The Morgan fingerprint density at radius 3 is 2.68 bits per heavy atom. The molecule has 3 saturated carbocycles. The molecule has 25 heavy (non-hydrogen) atoms. The van der Waals surface area contributed by atoms with E-state index in [0.29, 0.717) is 29.8 Å². The summed E-state index contributed by atoms with van der Waals surface area (Å²) in [7, 11) is 0. The first-order valence-electron chi connectivity index (χ1n) is 10.4. The second kappa shape index (κ2) is 4.96. The molecule has 5 rings (SSSR count). The molecule has 0 aliphatic heterocycles.